The maximum atomic E-state index is 13.2. The Bertz CT molecular complexity index is 336. The molecule has 2 rings (SSSR count). The van der Waals surface area contributed by atoms with Gasteiger partial charge in [0.2, 0.25) is 0 Å². The lowest BCUT2D eigenvalue weighted by atomic mass is 10.2. The first-order valence-corrected chi connectivity index (χ1v) is 5.61. The molecule has 0 atom stereocenters. The molecule has 14 heavy (non-hydrogen) atoms. The van der Waals surface area contributed by atoms with E-state index >= 15 is 0 Å². The molecule has 1 fully saturated rings. The highest BCUT2D eigenvalue weighted by atomic mass is 79.9. The van der Waals surface area contributed by atoms with Crippen LogP contribution in [-0.2, 0) is 6.54 Å². The molecule has 0 heterocycles. The number of nitrogens with zero attached hydrogens (tertiary/aromatic N) is 1. The fourth-order valence-electron chi connectivity index (χ4n) is 1.58. The van der Waals surface area contributed by atoms with Crippen LogP contribution in [0.2, 0.25) is 0 Å². The molecule has 1 aliphatic rings. The fraction of sp³-hybridized carbons (Fsp3) is 0.455. The molecule has 1 aromatic carbocycles. The molecule has 0 saturated heterocycles. The molecule has 1 nitrogen and oxygen atoms in total. The minimum absolute atomic E-state index is 0.174. The average molecular weight is 258 g/mol. The van der Waals surface area contributed by atoms with Crippen molar-refractivity contribution >= 4 is 15.9 Å². The highest BCUT2D eigenvalue weighted by Crippen LogP contribution is 2.28. The topological polar surface area (TPSA) is 3.24 Å². The Kier molecular flexibility index (Phi) is 2.88. The molecular weight excluding hydrogens is 245 g/mol. The van der Waals surface area contributed by atoms with Crippen LogP contribution in [0.15, 0.2) is 22.7 Å². The minimum atomic E-state index is -0.174. The Morgan fingerprint density at radius 1 is 1.50 bits per heavy atom. The summed E-state index contributed by atoms with van der Waals surface area (Å²) in [6.07, 6.45) is 2.56. The van der Waals surface area contributed by atoms with Crippen molar-refractivity contribution in [3.05, 3.63) is 34.1 Å². The zero-order valence-corrected chi connectivity index (χ0v) is 9.72. The number of hydrogen-bond donors (Lipinski definition) is 0. The molecule has 0 aromatic heterocycles. The molecular formula is C11H13BrFN. The Balaban J connectivity index is 2.11. The first kappa shape index (κ1) is 10.1. The van der Waals surface area contributed by atoms with E-state index in [-0.39, 0.29) is 5.82 Å². The Labute approximate surface area is 92.0 Å². The minimum Gasteiger partial charge on any atom is -0.299 e. The van der Waals surface area contributed by atoms with Gasteiger partial charge in [0.25, 0.3) is 0 Å². The van der Waals surface area contributed by atoms with E-state index in [4.69, 9.17) is 0 Å². The van der Waals surface area contributed by atoms with Gasteiger partial charge in [-0.3, -0.25) is 4.90 Å². The number of rotatable bonds is 3. The van der Waals surface area contributed by atoms with Crippen LogP contribution in [0.3, 0.4) is 0 Å². The Hall–Kier alpha value is -0.410. The second-order valence-corrected chi connectivity index (χ2v) is 4.65. The van der Waals surface area contributed by atoms with Gasteiger partial charge in [-0.1, -0.05) is 12.1 Å². The second kappa shape index (κ2) is 3.99. The lowest BCUT2D eigenvalue weighted by molar-refractivity contribution is 0.315. The van der Waals surface area contributed by atoms with Crippen molar-refractivity contribution in [3.63, 3.8) is 0 Å². The predicted octanol–water partition coefficient (Wildman–Crippen LogP) is 3.18. The third kappa shape index (κ3) is 2.15. The second-order valence-electron chi connectivity index (χ2n) is 3.86. The van der Waals surface area contributed by atoms with Crippen LogP contribution in [0.5, 0.6) is 0 Å². The molecule has 0 N–H and O–H groups in total. The molecule has 0 bridgehead atoms. The van der Waals surface area contributed by atoms with E-state index in [1.165, 1.54) is 18.9 Å². The summed E-state index contributed by atoms with van der Waals surface area (Å²) in [4.78, 5) is 2.28. The quantitative estimate of drug-likeness (QED) is 0.804. The largest absolute Gasteiger partial charge is 0.299 e. The summed E-state index contributed by atoms with van der Waals surface area (Å²) >= 11 is 3.28. The van der Waals surface area contributed by atoms with E-state index in [2.05, 4.69) is 27.9 Å². The Morgan fingerprint density at radius 2 is 2.21 bits per heavy atom. The normalized spacial score (nSPS) is 16.3. The lowest BCUT2D eigenvalue weighted by Gasteiger charge is -2.16. The van der Waals surface area contributed by atoms with Crippen LogP contribution >= 0.6 is 15.9 Å². The molecule has 1 saturated carbocycles. The van der Waals surface area contributed by atoms with Gasteiger partial charge in [0.1, 0.15) is 5.82 Å². The summed E-state index contributed by atoms with van der Waals surface area (Å²) in [6, 6.07) is 5.91. The molecule has 0 amide bonds. The van der Waals surface area contributed by atoms with Crippen LogP contribution < -0.4 is 0 Å². The zero-order chi connectivity index (χ0) is 10.1. The maximum absolute atomic E-state index is 13.2. The first-order chi connectivity index (χ1) is 6.68. The zero-order valence-electron chi connectivity index (χ0n) is 8.13. The summed E-state index contributed by atoms with van der Waals surface area (Å²) in [6.45, 7) is 0.822. The van der Waals surface area contributed by atoms with Gasteiger partial charge in [0.15, 0.2) is 0 Å². The van der Waals surface area contributed by atoms with Gasteiger partial charge in [-0.05, 0) is 47.4 Å². The summed E-state index contributed by atoms with van der Waals surface area (Å²) in [5.74, 6) is -0.174. The van der Waals surface area contributed by atoms with Crippen molar-refractivity contribution in [2.24, 2.45) is 0 Å². The fourth-order valence-corrected chi connectivity index (χ4v) is 1.97. The van der Waals surface area contributed by atoms with Crippen LogP contribution in [0.1, 0.15) is 18.4 Å². The van der Waals surface area contributed by atoms with E-state index in [1.54, 1.807) is 6.07 Å². The highest BCUT2D eigenvalue weighted by molar-refractivity contribution is 9.10. The van der Waals surface area contributed by atoms with E-state index in [9.17, 15) is 4.39 Å². The summed E-state index contributed by atoms with van der Waals surface area (Å²) < 4.78 is 13.8. The molecule has 1 aliphatic carbocycles. The molecule has 1 aromatic rings. The van der Waals surface area contributed by atoms with Gasteiger partial charge in [-0.25, -0.2) is 4.39 Å². The Morgan fingerprint density at radius 3 is 2.86 bits per heavy atom. The van der Waals surface area contributed by atoms with Crippen molar-refractivity contribution in [3.8, 4) is 0 Å². The van der Waals surface area contributed by atoms with E-state index < -0.39 is 0 Å². The molecule has 0 unspecified atom stereocenters. The number of halogens is 2. The standard InChI is InChI=1S/C11H13BrFN/c1-14(9-5-6-9)7-8-3-2-4-10(13)11(8)12/h2-4,9H,5-7H2,1H3. The van der Waals surface area contributed by atoms with Crippen LogP contribution in [0.25, 0.3) is 0 Å². The van der Waals surface area contributed by atoms with E-state index in [1.807, 2.05) is 6.07 Å². The number of benzene rings is 1. The molecule has 3 heteroatoms. The van der Waals surface area contributed by atoms with Crippen molar-refractivity contribution in [1.29, 1.82) is 0 Å². The van der Waals surface area contributed by atoms with Crippen LogP contribution in [0.4, 0.5) is 4.39 Å². The summed E-state index contributed by atoms with van der Waals surface area (Å²) in [5, 5.41) is 0. The summed E-state index contributed by atoms with van der Waals surface area (Å²) in [5.41, 5.74) is 1.03. The first-order valence-electron chi connectivity index (χ1n) is 4.81. The van der Waals surface area contributed by atoms with Gasteiger partial charge in [-0.15, -0.1) is 0 Å². The smallest absolute Gasteiger partial charge is 0.137 e. The van der Waals surface area contributed by atoms with Gasteiger partial charge >= 0.3 is 0 Å². The molecule has 0 radical (unpaired) electrons. The molecule has 0 spiro atoms. The van der Waals surface area contributed by atoms with Crippen molar-refractivity contribution in [2.45, 2.75) is 25.4 Å². The third-order valence-electron chi connectivity index (χ3n) is 2.62. The number of hydrogen-bond acceptors (Lipinski definition) is 1. The highest BCUT2D eigenvalue weighted by Gasteiger charge is 2.26. The van der Waals surface area contributed by atoms with Gasteiger partial charge < -0.3 is 0 Å². The third-order valence-corrected chi connectivity index (χ3v) is 3.51. The van der Waals surface area contributed by atoms with Crippen molar-refractivity contribution < 1.29 is 4.39 Å². The van der Waals surface area contributed by atoms with Gasteiger partial charge in [-0.2, -0.15) is 0 Å². The van der Waals surface area contributed by atoms with Crippen LogP contribution in [-0.4, -0.2) is 18.0 Å². The van der Waals surface area contributed by atoms with Crippen LogP contribution in [0, 0.1) is 5.82 Å². The van der Waals surface area contributed by atoms with Crippen molar-refractivity contribution in [2.75, 3.05) is 7.05 Å². The maximum Gasteiger partial charge on any atom is 0.137 e. The summed E-state index contributed by atoms with van der Waals surface area (Å²) in [7, 11) is 2.09. The van der Waals surface area contributed by atoms with E-state index in [0.717, 1.165) is 12.1 Å². The van der Waals surface area contributed by atoms with Crippen molar-refractivity contribution in [1.82, 2.24) is 4.90 Å². The van der Waals surface area contributed by atoms with Gasteiger partial charge in [0.05, 0.1) is 4.47 Å². The van der Waals surface area contributed by atoms with E-state index in [0.29, 0.717) is 10.5 Å². The monoisotopic (exact) mass is 257 g/mol. The lowest BCUT2D eigenvalue weighted by Crippen LogP contribution is -2.20. The van der Waals surface area contributed by atoms with Gasteiger partial charge in [0, 0.05) is 12.6 Å². The predicted molar refractivity (Wildman–Crippen MR) is 58.6 cm³/mol. The molecule has 76 valence electrons. The SMILES string of the molecule is CN(Cc1cccc(F)c1Br)C1CC1. The molecule has 0 aliphatic heterocycles. The average Bonchev–Trinajstić information content (AvgIpc) is 2.95.